The van der Waals surface area contributed by atoms with E-state index in [2.05, 4.69) is 15.6 Å². The molecule has 0 radical (unpaired) electrons. The lowest BCUT2D eigenvalue weighted by Crippen LogP contribution is -2.46. The smallest absolute Gasteiger partial charge is 0.318 e. The Balaban J connectivity index is 1.60. The molecule has 132 valence electrons. The third-order valence-corrected chi connectivity index (χ3v) is 4.57. The zero-order valence-corrected chi connectivity index (χ0v) is 14.5. The first-order valence-electron chi connectivity index (χ1n) is 8.79. The van der Waals surface area contributed by atoms with Crippen LogP contribution in [0.25, 0.3) is 0 Å². The largest absolute Gasteiger partial charge is 0.343 e. The molecule has 2 aliphatic rings. The first-order valence-corrected chi connectivity index (χ1v) is 8.79. The van der Waals surface area contributed by atoms with Gasteiger partial charge in [0.1, 0.15) is 0 Å². The number of fused-ring (bicyclic) bond motifs is 1. The first kappa shape index (κ1) is 16.7. The summed E-state index contributed by atoms with van der Waals surface area (Å²) in [7, 11) is 0. The highest BCUT2D eigenvalue weighted by molar-refractivity contribution is 5.76. The van der Waals surface area contributed by atoms with Gasteiger partial charge in [-0.2, -0.15) is 0 Å². The molecule has 1 fully saturated rings. The molecule has 8 heteroatoms. The maximum absolute atomic E-state index is 12.2. The predicted molar refractivity (Wildman–Crippen MR) is 88.2 cm³/mol. The normalized spacial score (nSPS) is 17.3. The van der Waals surface area contributed by atoms with Gasteiger partial charge in [0.05, 0.1) is 24.5 Å². The van der Waals surface area contributed by atoms with Crippen LogP contribution in [0.3, 0.4) is 0 Å². The Morgan fingerprint density at radius 1 is 1.12 bits per heavy atom. The second kappa shape index (κ2) is 7.19. The minimum absolute atomic E-state index is 0.0588. The summed E-state index contributed by atoms with van der Waals surface area (Å²) in [6.45, 7) is 7.42. The SMILES string of the molecule is CC(C)NC(=O)N1CCn2nnc(CCC(=O)N3CCCC3)c2C1. The monoisotopic (exact) mass is 334 g/mol. The fourth-order valence-electron chi connectivity index (χ4n) is 3.25. The molecular formula is C16H26N6O2. The predicted octanol–water partition coefficient (Wildman–Crippen LogP) is 0.767. The molecule has 8 nitrogen and oxygen atoms in total. The highest BCUT2D eigenvalue weighted by Gasteiger charge is 2.26. The van der Waals surface area contributed by atoms with Gasteiger partial charge in [-0.3, -0.25) is 4.79 Å². The first-order chi connectivity index (χ1) is 11.5. The van der Waals surface area contributed by atoms with Crippen LogP contribution >= 0.6 is 0 Å². The molecule has 3 rings (SSSR count). The van der Waals surface area contributed by atoms with Crippen LogP contribution in [0.5, 0.6) is 0 Å². The number of aryl methyl sites for hydroxylation is 1. The molecule has 0 unspecified atom stereocenters. The van der Waals surface area contributed by atoms with E-state index in [-0.39, 0.29) is 18.0 Å². The maximum atomic E-state index is 12.2. The van der Waals surface area contributed by atoms with Crippen molar-refractivity contribution in [3.63, 3.8) is 0 Å². The number of rotatable bonds is 4. The second-order valence-corrected chi connectivity index (χ2v) is 6.82. The maximum Gasteiger partial charge on any atom is 0.318 e. The summed E-state index contributed by atoms with van der Waals surface area (Å²) in [5.74, 6) is 0.194. The average Bonchev–Trinajstić information content (AvgIpc) is 3.21. The van der Waals surface area contributed by atoms with Gasteiger partial charge >= 0.3 is 6.03 Å². The van der Waals surface area contributed by atoms with E-state index in [0.29, 0.717) is 32.5 Å². The summed E-state index contributed by atoms with van der Waals surface area (Å²) < 4.78 is 1.86. The highest BCUT2D eigenvalue weighted by Crippen LogP contribution is 2.17. The van der Waals surface area contributed by atoms with E-state index >= 15 is 0 Å². The molecule has 1 saturated heterocycles. The topological polar surface area (TPSA) is 83.4 Å². The Labute approximate surface area is 142 Å². The van der Waals surface area contributed by atoms with Gasteiger partial charge in [0.25, 0.3) is 0 Å². The van der Waals surface area contributed by atoms with Crippen LogP contribution in [-0.4, -0.2) is 62.4 Å². The summed E-state index contributed by atoms with van der Waals surface area (Å²) in [5.41, 5.74) is 1.79. The van der Waals surface area contributed by atoms with Gasteiger partial charge in [-0.05, 0) is 26.7 Å². The number of amides is 3. The third-order valence-electron chi connectivity index (χ3n) is 4.57. The Morgan fingerprint density at radius 2 is 1.88 bits per heavy atom. The minimum atomic E-state index is -0.0588. The lowest BCUT2D eigenvalue weighted by atomic mass is 10.1. The molecule has 0 atom stereocenters. The minimum Gasteiger partial charge on any atom is -0.343 e. The summed E-state index contributed by atoms with van der Waals surface area (Å²) in [5, 5.41) is 11.3. The molecule has 0 spiro atoms. The standard InChI is InChI=1S/C16H26N6O2/c1-12(2)17-16(24)21-9-10-22-14(11-21)13(18-19-22)5-6-15(23)20-7-3-4-8-20/h12H,3-11H2,1-2H3,(H,17,24). The molecular weight excluding hydrogens is 308 g/mol. The highest BCUT2D eigenvalue weighted by atomic mass is 16.2. The molecule has 2 aliphatic heterocycles. The van der Waals surface area contributed by atoms with Crippen molar-refractivity contribution in [1.29, 1.82) is 0 Å². The molecule has 0 saturated carbocycles. The van der Waals surface area contributed by atoms with Gasteiger partial charge in [0.15, 0.2) is 0 Å². The number of likely N-dealkylation sites (tertiary alicyclic amines) is 1. The lowest BCUT2D eigenvalue weighted by molar-refractivity contribution is -0.130. The van der Waals surface area contributed by atoms with Crippen molar-refractivity contribution in [2.75, 3.05) is 19.6 Å². The second-order valence-electron chi connectivity index (χ2n) is 6.82. The van der Waals surface area contributed by atoms with Crippen molar-refractivity contribution in [3.8, 4) is 0 Å². The number of hydrogen-bond donors (Lipinski definition) is 1. The van der Waals surface area contributed by atoms with Gasteiger partial charge in [-0.25, -0.2) is 9.48 Å². The zero-order chi connectivity index (χ0) is 17.1. The fourth-order valence-corrected chi connectivity index (χ4v) is 3.25. The van der Waals surface area contributed by atoms with E-state index in [9.17, 15) is 9.59 Å². The van der Waals surface area contributed by atoms with E-state index < -0.39 is 0 Å². The molecule has 24 heavy (non-hydrogen) atoms. The fraction of sp³-hybridized carbons (Fsp3) is 0.750. The summed E-state index contributed by atoms with van der Waals surface area (Å²) in [6.07, 6.45) is 3.26. The van der Waals surface area contributed by atoms with Crippen molar-refractivity contribution in [1.82, 2.24) is 30.1 Å². The van der Waals surface area contributed by atoms with E-state index in [1.807, 2.05) is 23.4 Å². The molecule has 1 aromatic heterocycles. The number of hydrogen-bond acceptors (Lipinski definition) is 4. The Hall–Kier alpha value is -2.12. The van der Waals surface area contributed by atoms with Crippen LogP contribution < -0.4 is 5.32 Å². The van der Waals surface area contributed by atoms with Gasteiger partial charge in [-0.1, -0.05) is 5.21 Å². The van der Waals surface area contributed by atoms with Crippen LogP contribution in [-0.2, 0) is 24.3 Å². The average molecular weight is 334 g/mol. The Bertz CT molecular complexity index is 606. The van der Waals surface area contributed by atoms with Crippen molar-refractivity contribution in [3.05, 3.63) is 11.4 Å². The molecule has 0 aliphatic carbocycles. The molecule has 0 bridgehead atoms. The van der Waals surface area contributed by atoms with E-state index in [1.165, 1.54) is 0 Å². The van der Waals surface area contributed by atoms with E-state index in [4.69, 9.17) is 0 Å². The van der Waals surface area contributed by atoms with Gasteiger partial charge in [0.2, 0.25) is 5.91 Å². The third kappa shape index (κ3) is 3.68. The van der Waals surface area contributed by atoms with Gasteiger partial charge < -0.3 is 15.1 Å². The Morgan fingerprint density at radius 3 is 2.58 bits per heavy atom. The zero-order valence-electron chi connectivity index (χ0n) is 14.5. The number of aromatic nitrogens is 3. The molecule has 0 aromatic carbocycles. The summed E-state index contributed by atoms with van der Waals surface area (Å²) >= 11 is 0. The van der Waals surface area contributed by atoms with E-state index in [1.54, 1.807) is 4.90 Å². The summed E-state index contributed by atoms with van der Waals surface area (Å²) in [6, 6.07) is 0.0524. The van der Waals surface area contributed by atoms with E-state index in [0.717, 1.165) is 37.3 Å². The summed E-state index contributed by atoms with van der Waals surface area (Å²) in [4.78, 5) is 28.1. The van der Waals surface area contributed by atoms with Crippen molar-refractivity contribution in [2.24, 2.45) is 0 Å². The van der Waals surface area contributed by atoms with Crippen LogP contribution in [0.15, 0.2) is 0 Å². The van der Waals surface area contributed by atoms with Crippen LogP contribution in [0.2, 0.25) is 0 Å². The van der Waals surface area contributed by atoms with Gasteiger partial charge in [-0.15, -0.1) is 5.10 Å². The molecule has 3 heterocycles. The lowest BCUT2D eigenvalue weighted by Gasteiger charge is -2.28. The van der Waals surface area contributed by atoms with Crippen LogP contribution in [0, 0.1) is 0 Å². The molecule has 3 amide bonds. The van der Waals surface area contributed by atoms with Crippen LogP contribution in [0.4, 0.5) is 4.79 Å². The quantitative estimate of drug-likeness (QED) is 0.881. The van der Waals surface area contributed by atoms with Crippen molar-refractivity contribution in [2.45, 2.75) is 58.7 Å². The van der Waals surface area contributed by atoms with Crippen LogP contribution in [0.1, 0.15) is 44.5 Å². The van der Waals surface area contributed by atoms with Gasteiger partial charge in [0, 0.05) is 38.5 Å². The Kier molecular flexibility index (Phi) is 5.01. The molecule has 1 N–H and O–H groups in total. The number of nitrogens with zero attached hydrogens (tertiary/aromatic N) is 5. The van der Waals surface area contributed by atoms with Crippen molar-refractivity contribution < 1.29 is 9.59 Å². The number of nitrogens with one attached hydrogen (secondary N) is 1. The number of carbonyl (C=O) groups is 2. The number of urea groups is 1. The number of carbonyl (C=O) groups excluding carboxylic acids is 2. The van der Waals surface area contributed by atoms with Crippen molar-refractivity contribution >= 4 is 11.9 Å². The molecule has 1 aromatic rings.